The molecular weight excluding hydrogens is 383 g/mol. The predicted octanol–water partition coefficient (Wildman–Crippen LogP) is 3.87. The number of rotatable bonds is 5. The van der Waals surface area contributed by atoms with Gasteiger partial charge in [0.2, 0.25) is 0 Å². The van der Waals surface area contributed by atoms with Crippen molar-refractivity contribution in [3.63, 3.8) is 0 Å². The Morgan fingerprint density at radius 2 is 2.07 bits per heavy atom. The number of anilines is 1. The number of aromatic nitrogens is 5. The summed E-state index contributed by atoms with van der Waals surface area (Å²) in [5.41, 5.74) is 4.47. The summed E-state index contributed by atoms with van der Waals surface area (Å²) in [6, 6.07) is 11.0. The number of nitrogens with zero attached hydrogens (tertiary/aromatic N) is 4. The maximum atomic E-state index is 13.7. The number of hydrogen-bond donors (Lipinski definition) is 3. The average molecular weight is 402 g/mol. The van der Waals surface area contributed by atoms with E-state index in [4.69, 9.17) is 0 Å². The highest BCUT2D eigenvalue weighted by Crippen LogP contribution is 2.26. The third-order valence-electron chi connectivity index (χ3n) is 5.11. The zero-order chi connectivity index (χ0) is 20.7. The summed E-state index contributed by atoms with van der Waals surface area (Å²) in [7, 11) is 0. The van der Waals surface area contributed by atoms with Gasteiger partial charge in [-0.2, -0.15) is 9.61 Å². The van der Waals surface area contributed by atoms with Crippen LogP contribution in [0, 0.1) is 12.7 Å². The lowest BCUT2D eigenvalue weighted by Crippen LogP contribution is -2.14. The van der Waals surface area contributed by atoms with Crippen molar-refractivity contribution in [2.75, 3.05) is 11.9 Å². The molecule has 0 fully saturated rings. The van der Waals surface area contributed by atoms with E-state index in [1.807, 2.05) is 37.4 Å². The van der Waals surface area contributed by atoms with E-state index in [0.717, 1.165) is 28.2 Å². The number of pyridine rings is 1. The third kappa shape index (κ3) is 3.17. The summed E-state index contributed by atoms with van der Waals surface area (Å²) >= 11 is 0. The molecule has 0 bridgehead atoms. The predicted molar refractivity (Wildman–Crippen MR) is 113 cm³/mol. The molecule has 5 aromatic rings. The number of aliphatic hydroxyl groups excluding tert-OH is 1. The molecule has 150 valence electrons. The minimum atomic E-state index is -0.736. The fourth-order valence-corrected chi connectivity index (χ4v) is 3.58. The monoisotopic (exact) mass is 402 g/mol. The molecule has 0 aliphatic rings. The van der Waals surface area contributed by atoms with Crippen LogP contribution in [0.1, 0.15) is 17.2 Å². The van der Waals surface area contributed by atoms with Crippen molar-refractivity contribution >= 4 is 22.4 Å². The van der Waals surface area contributed by atoms with Crippen molar-refractivity contribution in [1.82, 2.24) is 24.6 Å². The Labute approximate surface area is 171 Å². The van der Waals surface area contributed by atoms with Gasteiger partial charge in [0.25, 0.3) is 0 Å². The number of aryl methyl sites for hydroxylation is 1. The van der Waals surface area contributed by atoms with Crippen molar-refractivity contribution in [3.8, 4) is 11.3 Å². The summed E-state index contributed by atoms with van der Waals surface area (Å²) in [6.07, 6.45) is 5.53. The number of benzene rings is 1. The zero-order valence-corrected chi connectivity index (χ0v) is 16.2. The van der Waals surface area contributed by atoms with Gasteiger partial charge in [-0.1, -0.05) is 18.2 Å². The van der Waals surface area contributed by atoms with Crippen molar-refractivity contribution in [3.05, 3.63) is 78.1 Å². The SMILES string of the molecule is Cc1cnn2c(NC[C@@H](O)c3c[nH]c4ccccc34)cc(-c3cncc(F)c3)nc12. The lowest BCUT2D eigenvalue weighted by Gasteiger charge is -2.14. The highest BCUT2D eigenvalue weighted by molar-refractivity contribution is 5.83. The summed E-state index contributed by atoms with van der Waals surface area (Å²) in [4.78, 5) is 11.7. The average Bonchev–Trinajstić information content (AvgIpc) is 3.36. The van der Waals surface area contributed by atoms with Crippen LogP contribution in [0.25, 0.3) is 27.8 Å². The number of aromatic amines is 1. The smallest absolute Gasteiger partial charge is 0.160 e. The van der Waals surface area contributed by atoms with Gasteiger partial charge >= 0.3 is 0 Å². The molecule has 0 aliphatic heterocycles. The van der Waals surface area contributed by atoms with Crippen LogP contribution in [0.2, 0.25) is 0 Å². The number of halogens is 1. The molecule has 0 unspecified atom stereocenters. The molecule has 7 nitrogen and oxygen atoms in total. The first kappa shape index (κ1) is 18.3. The zero-order valence-electron chi connectivity index (χ0n) is 16.2. The second-order valence-corrected chi connectivity index (χ2v) is 7.17. The molecule has 0 saturated carbocycles. The van der Waals surface area contributed by atoms with Crippen molar-refractivity contribution in [1.29, 1.82) is 0 Å². The minimum Gasteiger partial charge on any atom is -0.386 e. The largest absolute Gasteiger partial charge is 0.386 e. The molecule has 0 spiro atoms. The van der Waals surface area contributed by atoms with E-state index in [0.29, 0.717) is 22.7 Å². The van der Waals surface area contributed by atoms with E-state index >= 15 is 0 Å². The minimum absolute atomic E-state index is 0.265. The van der Waals surface area contributed by atoms with Gasteiger partial charge in [0.05, 0.1) is 24.2 Å². The molecule has 1 aromatic carbocycles. The molecule has 0 aliphatic carbocycles. The normalized spacial score (nSPS) is 12.5. The molecule has 1 atom stereocenters. The molecule has 30 heavy (non-hydrogen) atoms. The number of H-pyrrole nitrogens is 1. The van der Waals surface area contributed by atoms with Crippen molar-refractivity contribution in [2.45, 2.75) is 13.0 Å². The van der Waals surface area contributed by atoms with Crippen LogP contribution in [0.5, 0.6) is 0 Å². The van der Waals surface area contributed by atoms with Gasteiger partial charge in [-0.05, 0) is 19.1 Å². The first-order valence-corrected chi connectivity index (χ1v) is 9.54. The van der Waals surface area contributed by atoms with Crippen LogP contribution in [-0.2, 0) is 0 Å². The van der Waals surface area contributed by atoms with Gasteiger partial charge in [0, 0.05) is 52.6 Å². The fraction of sp³-hybridized carbons (Fsp3) is 0.136. The van der Waals surface area contributed by atoms with Gasteiger partial charge in [-0.25, -0.2) is 9.37 Å². The topological polar surface area (TPSA) is 91.1 Å². The Hall–Kier alpha value is -3.78. The Morgan fingerprint density at radius 3 is 2.93 bits per heavy atom. The molecule has 0 radical (unpaired) electrons. The molecule has 8 heteroatoms. The van der Waals surface area contributed by atoms with Crippen molar-refractivity contribution in [2.24, 2.45) is 0 Å². The Morgan fingerprint density at radius 1 is 1.20 bits per heavy atom. The van der Waals surface area contributed by atoms with Crippen molar-refractivity contribution < 1.29 is 9.50 Å². The molecule has 4 heterocycles. The summed E-state index contributed by atoms with van der Waals surface area (Å²) in [5.74, 6) is 0.218. The number of para-hydroxylation sites is 1. The molecule has 4 aromatic heterocycles. The van der Waals surface area contributed by atoms with Gasteiger partial charge in [0.15, 0.2) is 5.65 Å². The first-order valence-electron chi connectivity index (χ1n) is 9.54. The highest BCUT2D eigenvalue weighted by atomic mass is 19.1. The number of hydrogen-bond acceptors (Lipinski definition) is 5. The summed E-state index contributed by atoms with van der Waals surface area (Å²) in [6.45, 7) is 2.17. The second-order valence-electron chi connectivity index (χ2n) is 7.17. The Balaban J connectivity index is 1.49. The fourth-order valence-electron chi connectivity index (χ4n) is 3.58. The second kappa shape index (κ2) is 7.23. The summed E-state index contributed by atoms with van der Waals surface area (Å²) < 4.78 is 15.3. The molecule has 0 amide bonds. The van der Waals surface area contributed by atoms with E-state index in [2.05, 4.69) is 25.4 Å². The maximum absolute atomic E-state index is 13.7. The van der Waals surface area contributed by atoms with Crippen LogP contribution in [-0.4, -0.2) is 36.2 Å². The number of nitrogens with one attached hydrogen (secondary N) is 2. The van der Waals surface area contributed by atoms with Gasteiger partial charge in [0.1, 0.15) is 11.6 Å². The van der Waals surface area contributed by atoms with Gasteiger partial charge in [-0.3, -0.25) is 4.98 Å². The van der Waals surface area contributed by atoms with Crippen LogP contribution in [0.4, 0.5) is 10.2 Å². The summed E-state index contributed by atoms with van der Waals surface area (Å²) in [5, 5.41) is 19.4. The molecular formula is C22H19FN6O. The lowest BCUT2D eigenvalue weighted by atomic mass is 10.1. The highest BCUT2D eigenvalue weighted by Gasteiger charge is 2.15. The number of fused-ring (bicyclic) bond motifs is 2. The quantitative estimate of drug-likeness (QED) is 0.415. The molecule has 3 N–H and O–H groups in total. The first-order chi connectivity index (χ1) is 14.6. The lowest BCUT2D eigenvalue weighted by molar-refractivity contribution is 0.193. The third-order valence-corrected chi connectivity index (χ3v) is 5.11. The molecule has 5 rings (SSSR count). The standard InChI is InChI=1S/C22H19FN6O/c1-13-8-27-29-21(7-19(28-22(13)29)14-6-15(23)10-24-9-14)26-12-20(30)17-11-25-18-5-3-2-4-16(17)18/h2-11,20,25-26,30H,12H2,1H3/t20-/m1/s1. The van der Waals surface area contributed by atoms with Crippen LogP contribution in [0.15, 0.2) is 61.2 Å². The van der Waals surface area contributed by atoms with Gasteiger partial charge < -0.3 is 15.4 Å². The number of aliphatic hydroxyl groups is 1. The van der Waals surface area contributed by atoms with E-state index in [9.17, 15) is 9.50 Å². The van der Waals surface area contributed by atoms with Crippen LogP contribution >= 0.6 is 0 Å². The maximum Gasteiger partial charge on any atom is 0.160 e. The van der Waals surface area contributed by atoms with Gasteiger partial charge in [-0.15, -0.1) is 0 Å². The molecule has 0 saturated heterocycles. The van der Waals surface area contributed by atoms with E-state index in [1.165, 1.54) is 6.07 Å². The van der Waals surface area contributed by atoms with E-state index in [-0.39, 0.29) is 6.54 Å². The Bertz CT molecular complexity index is 1360. The van der Waals surface area contributed by atoms with Crippen LogP contribution < -0.4 is 5.32 Å². The van der Waals surface area contributed by atoms with Crippen LogP contribution in [0.3, 0.4) is 0 Å². The van der Waals surface area contributed by atoms with E-state index in [1.54, 1.807) is 23.0 Å². The van der Waals surface area contributed by atoms with E-state index < -0.39 is 11.9 Å². The Kier molecular flexibility index (Phi) is 4.40.